The van der Waals surface area contributed by atoms with Crippen molar-refractivity contribution in [1.82, 2.24) is 9.47 Å². The summed E-state index contributed by atoms with van der Waals surface area (Å²) in [5, 5.41) is 3.55. The molecular formula is C28H26ClN3O. The van der Waals surface area contributed by atoms with Crippen molar-refractivity contribution in [2.75, 3.05) is 5.32 Å². The SMILES string of the molecule is CC(C)c1ccc(C2c3cccn3-c3ccccc3CN2C(=O)Nc2ccccc2Cl)cc1. The highest BCUT2D eigenvalue weighted by molar-refractivity contribution is 6.33. The number of benzene rings is 3. The average Bonchev–Trinajstić information content (AvgIpc) is 3.25. The molecule has 2 amide bonds. The summed E-state index contributed by atoms with van der Waals surface area (Å²) < 4.78 is 2.19. The molecule has 0 fully saturated rings. The third-order valence-corrected chi connectivity index (χ3v) is 6.59. The molecule has 0 bridgehead atoms. The molecule has 0 saturated carbocycles. The lowest BCUT2D eigenvalue weighted by atomic mass is 9.97. The van der Waals surface area contributed by atoms with Crippen LogP contribution in [0.1, 0.15) is 48.2 Å². The van der Waals surface area contributed by atoms with Gasteiger partial charge >= 0.3 is 6.03 Å². The van der Waals surface area contributed by atoms with Gasteiger partial charge in [-0.05, 0) is 52.9 Å². The zero-order valence-corrected chi connectivity index (χ0v) is 19.5. The molecule has 4 aromatic rings. The van der Waals surface area contributed by atoms with Crippen LogP contribution < -0.4 is 5.32 Å². The van der Waals surface area contributed by atoms with E-state index in [4.69, 9.17) is 11.6 Å². The lowest BCUT2D eigenvalue weighted by Crippen LogP contribution is -2.38. The number of para-hydroxylation sites is 2. The second-order valence-corrected chi connectivity index (χ2v) is 9.10. The summed E-state index contributed by atoms with van der Waals surface area (Å²) in [5.41, 5.74) is 6.18. The van der Waals surface area contributed by atoms with Crippen molar-refractivity contribution in [1.29, 1.82) is 0 Å². The number of nitrogens with one attached hydrogen (secondary N) is 1. The smallest absolute Gasteiger partial charge is 0.318 e. The van der Waals surface area contributed by atoms with Crippen LogP contribution >= 0.6 is 11.6 Å². The van der Waals surface area contributed by atoms with Gasteiger partial charge in [0.1, 0.15) is 0 Å². The molecule has 0 spiro atoms. The van der Waals surface area contributed by atoms with Gasteiger partial charge < -0.3 is 14.8 Å². The summed E-state index contributed by atoms with van der Waals surface area (Å²) in [4.78, 5) is 15.6. The first-order valence-electron chi connectivity index (χ1n) is 11.2. The molecule has 0 radical (unpaired) electrons. The second kappa shape index (κ2) is 8.80. The predicted molar refractivity (Wildman–Crippen MR) is 134 cm³/mol. The Balaban J connectivity index is 1.62. The van der Waals surface area contributed by atoms with Gasteiger partial charge in [-0.2, -0.15) is 0 Å². The fourth-order valence-corrected chi connectivity index (χ4v) is 4.69. The lowest BCUT2D eigenvalue weighted by Gasteiger charge is -2.31. The van der Waals surface area contributed by atoms with E-state index in [0.717, 1.165) is 22.5 Å². The van der Waals surface area contributed by atoms with Gasteiger partial charge in [-0.3, -0.25) is 0 Å². The van der Waals surface area contributed by atoms with E-state index in [9.17, 15) is 4.79 Å². The number of carbonyl (C=O) groups is 1. The maximum atomic E-state index is 13.7. The number of hydrogen-bond acceptors (Lipinski definition) is 1. The van der Waals surface area contributed by atoms with Crippen LogP contribution in [0.15, 0.2) is 91.1 Å². The standard InChI is InChI=1S/C28H26ClN3O/c1-19(2)20-13-15-21(16-14-20)27-26-12-7-17-31(26)25-11-6-3-8-22(25)18-32(27)28(33)30-24-10-5-4-9-23(24)29/h3-17,19,27H,18H2,1-2H3,(H,30,33). The Bertz CT molecular complexity index is 1290. The zero-order valence-electron chi connectivity index (χ0n) is 18.7. The number of hydrogen-bond donors (Lipinski definition) is 1. The Morgan fingerprint density at radius 2 is 1.67 bits per heavy atom. The number of halogens is 1. The van der Waals surface area contributed by atoms with E-state index in [1.807, 2.05) is 41.3 Å². The van der Waals surface area contributed by atoms with Crippen molar-refractivity contribution >= 4 is 23.3 Å². The zero-order chi connectivity index (χ0) is 22.9. The molecular weight excluding hydrogens is 430 g/mol. The Morgan fingerprint density at radius 1 is 0.939 bits per heavy atom. The van der Waals surface area contributed by atoms with Gasteiger partial charge in [-0.15, -0.1) is 0 Å². The van der Waals surface area contributed by atoms with Gasteiger partial charge in [0.05, 0.1) is 29.0 Å². The van der Waals surface area contributed by atoms with Crippen molar-refractivity contribution in [2.45, 2.75) is 32.4 Å². The number of aromatic nitrogens is 1. The monoisotopic (exact) mass is 455 g/mol. The van der Waals surface area contributed by atoms with Gasteiger partial charge in [0.25, 0.3) is 0 Å². The number of urea groups is 1. The molecule has 1 aliphatic rings. The summed E-state index contributed by atoms with van der Waals surface area (Å²) in [6, 6.07) is 27.9. The number of carbonyl (C=O) groups excluding carboxylic acids is 1. The Kier molecular flexibility index (Phi) is 5.69. The quantitative estimate of drug-likeness (QED) is 0.343. The molecule has 3 aromatic carbocycles. The number of fused-ring (bicyclic) bond motifs is 3. The van der Waals surface area contributed by atoms with Crippen LogP contribution in [0.4, 0.5) is 10.5 Å². The van der Waals surface area contributed by atoms with Crippen LogP contribution in [0, 0.1) is 0 Å². The van der Waals surface area contributed by atoms with E-state index in [-0.39, 0.29) is 12.1 Å². The molecule has 166 valence electrons. The third kappa shape index (κ3) is 4.03. The highest BCUT2D eigenvalue weighted by atomic mass is 35.5. The summed E-state index contributed by atoms with van der Waals surface area (Å²) in [6.07, 6.45) is 2.07. The Labute approximate surface area is 199 Å². The molecule has 1 aromatic heterocycles. The highest BCUT2D eigenvalue weighted by Crippen LogP contribution is 2.37. The summed E-state index contributed by atoms with van der Waals surface area (Å²) in [5.74, 6) is 0.445. The maximum Gasteiger partial charge on any atom is 0.323 e. The van der Waals surface area contributed by atoms with Crippen LogP contribution in [0.5, 0.6) is 0 Å². The van der Waals surface area contributed by atoms with E-state index < -0.39 is 0 Å². The Morgan fingerprint density at radius 3 is 2.42 bits per heavy atom. The van der Waals surface area contributed by atoms with Crippen molar-refractivity contribution in [3.8, 4) is 5.69 Å². The largest absolute Gasteiger partial charge is 0.323 e. The highest BCUT2D eigenvalue weighted by Gasteiger charge is 2.33. The molecule has 1 unspecified atom stereocenters. The molecule has 1 N–H and O–H groups in total. The molecule has 1 aliphatic heterocycles. The van der Waals surface area contributed by atoms with Crippen molar-refractivity contribution in [3.05, 3.63) is 119 Å². The molecule has 2 heterocycles. The lowest BCUT2D eigenvalue weighted by molar-refractivity contribution is 0.194. The van der Waals surface area contributed by atoms with Gasteiger partial charge in [-0.25, -0.2) is 4.79 Å². The summed E-state index contributed by atoms with van der Waals surface area (Å²) >= 11 is 6.35. The van der Waals surface area contributed by atoms with Gasteiger partial charge in [0.2, 0.25) is 0 Å². The minimum absolute atomic E-state index is 0.189. The van der Waals surface area contributed by atoms with E-state index in [1.165, 1.54) is 5.56 Å². The molecule has 1 atom stereocenters. The van der Waals surface area contributed by atoms with E-state index in [2.05, 4.69) is 72.4 Å². The minimum Gasteiger partial charge on any atom is -0.318 e. The van der Waals surface area contributed by atoms with Crippen molar-refractivity contribution in [2.24, 2.45) is 0 Å². The third-order valence-electron chi connectivity index (χ3n) is 6.26. The molecule has 0 saturated heterocycles. The first-order chi connectivity index (χ1) is 16.0. The molecule has 5 rings (SSSR count). The van der Waals surface area contributed by atoms with Gasteiger partial charge in [-0.1, -0.05) is 80.0 Å². The van der Waals surface area contributed by atoms with Crippen molar-refractivity contribution < 1.29 is 4.79 Å². The predicted octanol–water partition coefficient (Wildman–Crippen LogP) is 7.39. The number of nitrogens with zero attached hydrogens (tertiary/aromatic N) is 2. The fourth-order valence-electron chi connectivity index (χ4n) is 4.50. The van der Waals surface area contributed by atoms with Crippen LogP contribution in [-0.2, 0) is 6.54 Å². The van der Waals surface area contributed by atoms with Crippen LogP contribution in [-0.4, -0.2) is 15.5 Å². The number of rotatable bonds is 3. The van der Waals surface area contributed by atoms with Gasteiger partial charge in [0.15, 0.2) is 0 Å². The topological polar surface area (TPSA) is 37.3 Å². The van der Waals surface area contributed by atoms with Crippen LogP contribution in [0.25, 0.3) is 5.69 Å². The normalized spacial score (nSPS) is 15.0. The average molecular weight is 456 g/mol. The molecule has 0 aliphatic carbocycles. The summed E-state index contributed by atoms with van der Waals surface area (Å²) in [7, 11) is 0. The first-order valence-corrected chi connectivity index (χ1v) is 11.6. The van der Waals surface area contributed by atoms with E-state index in [1.54, 1.807) is 6.07 Å². The maximum absolute atomic E-state index is 13.7. The van der Waals surface area contributed by atoms with E-state index >= 15 is 0 Å². The van der Waals surface area contributed by atoms with Crippen LogP contribution in [0.3, 0.4) is 0 Å². The minimum atomic E-state index is -0.254. The fraction of sp³-hybridized carbons (Fsp3) is 0.179. The molecule has 4 nitrogen and oxygen atoms in total. The first kappa shape index (κ1) is 21.4. The molecule has 33 heavy (non-hydrogen) atoms. The molecule has 5 heteroatoms. The number of amides is 2. The summed E-state index contributed by atoms with van der Waals surface area (Å²) in [6.45, 7) is 4.85. The Hall–Kier alpha value is -3.50. The van der Waals surface area contributed by atoms with Gasteiger partial charge in [0, 0.05) is 11.9 Å². The van der Waals surface area contributed by atoms with Crippen LogP contribution in [0.2, 0.25) is 5.02 Å². The number of anilines is 1. The second-order valence-electron chi connectivity index (χ2n) is 8.69. The van der Waals surface area contributed by atoms with E-state index in [0.29, 0.717) is 23.2 Å². The van der Waals surface area contributed by atoms with Crippen molar-refractivity contribution in [3.63, 3.8) is 0 Å².